The normalized spacial score (nSPS) is 26.5. The highest BCUT2D eigenvalue weighted by Gasteiger charge is 2.40. The highest BCUT2D eigenvalue weighted by molar-refractivity contribution is 7.91. The van der Waals surface area contributed by atoms with Gasteiger partial charge in [0, 0.05) is 5.69 Å². The number of hydrogen-bond donors (Lipinski definition) is 3. The summed E-state index contributed by atoms with van der Waals surface area (Å²) in [5, 5.41) is 12.3. The lowest BCUT2D eigenvalue weighted by atomic mass is 10.0. The third kappa shape index (κ3) is 4.64. The van der Waals surface area contributed by atoms with Crippen LogP contribution in [0.3, 0.4) is 0 Å². The number of sulfone groups is 1. The van der Waals surface area contributed by atoms with E-state index in [4.69, 9.17) is 0 Å². The molecular formula is C17H26N3O4S+. The van der Waals surface area contributed by atoms with E-state index in [9.17, 15) is 18.3 Å². The lowest BCUT2D eigenvalue weighted by Crippen LogP contribution is -3.16. The van der Waals surface area contributed by atoms with Gasteiger partial charge in [-0.1, -0.05) is 0 Å². The second-order valence-electron chi connectivity index (χ2n) is 7.38. The van der Waals surface area contributed by atoms with Crippen LogP contribution in [0.15, 0.2) is 24.3 Å². The first-order chi connectivity index (χ1) is 11.7. The van der Waals surface area contributed by atoms with E-state index in [1.54, 1.807) is 12.1 Å². The van der Waals surface area contributed by atoms with Crippen molar-refractivity contribution in [2.75, 3.05) is 49.1 Å². The Morgan fingerprint density at radius 1 is 1.28 bits per heavy atom. The molecule has 0 saturated carbocycles. The van der Waals surface area contributed by atoms with E-state index in [-0.39, 0.29) is 23.2 Å². The van der Waals surface area contributed by atoms with Crippen molar-refractivity contribution in [3.63, 3.8) is 0 Å². The molecule has 0 spiro atoms. The van der Waals surface area contributed by atoms with Gasteiger partial charge < -0.3 is 20.2 Å². The molecule has 0 unspecified atom stereocenters. The van der Waals surface area contributed by atoms with E-state index in [2.05, 4.69) is 10.2 Å². The van der Waals surface area contributed by atoms with E-state index >= 15 is 0 Å². The SMILES string of the molecule is C[C@@]1(NC(=O)C[NH+]2CCN(c3ccc(O)cc3)CC2)CCS(=O)(=O)C1. The van der Waals surface area contributed by atoms with E-state index in [1.807, 2.05) is 19.1 Å². The number of piperazine rings is 1. The molecule has 0 aromatic heterocycles. The highest BCUT2D eigenvalue weighted by Crippen LogP contribution is 2.22. The molecule has 1 aromatic carbocycles. The maximum Gasteiger partial charge on any atom is 0.275 e. The van der Waals surface area contributed by atoms with Gasteiger partial charge in [0.2, 0.25) is 0 Å². The van der Waals surface area contributed by atoms with Gasteiger partial charge in [0.1, 0.15) is 5.75 Å². The minimum absolute atomic E-state index is 0.0374. The highest BCUT2D eigenvalue weighted by atomic mass is 32.2. The summed E-state index contributed by atoms with van der Waals surface area (Å²) in [4.78, 5) is 15.8. The quantitative estimate of drug-likeness (QED) is 0.620. The van der Waals surface area contributed by atoms with Crippen molar-refractivity contribution >= 4 is 21.4 Å². The summed E-state index contributed by atoms with van der Waals surface area (Å²) in [5.41, 5.74) is 0.452. The molecule has 0 aliphatic carbocycles. The second-order valence-corrected chi connectivity index (χ2v) is 9.57. The van der Waals surface area contributed by atoms with Gasteiger partial charge in [0.15, 0.2) is 16.4 Å². The topological polar surface area (TPSA) is 91.2 Å². The Morgan fingerprint density at radius 2 is 1.92 bits per heavy atom. The van der Waals surface area contributed by atoms with Gasteiger partial charge in [0.25, 0.3) is 5.91 Å². The summed E-state index contributed by atoms with van der Waals surface area (Å²) in [5.74, 6) is 0.372. The van der Waals surface area contributed by atoms with Crippen LogP contribution in [0, 0.1) is 0 Å². The molecule has 138 valence electrons. The predicted octanol–water partition coefficient (Wildman–Crippen LogP) is -1.21. The van der Waals surface area contributed by atoms with Crippen LogP contribution >= 0.6 is 0 Å². The van der Waals surface area contributed by atoms with Crippen LogP contribution in [0.5, 0.6) is 5.75 Å². The number of phenols is 1. The third-order valence-electron chi connectivity index (χ3n) is 5.04. The Hall–Kier alpha value is -1.80. The smallest absolute Gasteiger partial charge is 0.275 e. The average molecular weight is 368 g/mol. The van der Waals surface area contributed by atoms with Crippen LogP contribution < -0.4 is 15.1 Å². The molecule has 2 saturated heterocycles. The number of nitrogens with one attached hydrogen (secondary N) is 2. The molecule has 1 aromatic rings. The largest absolute Gasteiger partial charge is 0.508 e. The molecule has 0 radical (unpaired) electrons. The number of phenolic OH excluding ortho intramolecular Hbond substituents is 1. The summed E-state index contributed by atoms with van der Waals surface area (Å²) in [6.45, 7) is 5.58. The molecule has 1 atom stereocenters. The van der Waals surface area contributed by atoms with Gasteiger partial charge >= 0.3 is 0 Å². The van der Waals surface area contributed by atoms with Crippen LogP contribution in [0.2, 0.25) is 0 Å². The molecule has 8 heteroatoms. The summed E-state index contributed by atoms with van der Waals surface area (Å²) < 4.78 is 23.3. The molecule has 3 N–H and O–H groups in total. The van der Waals surface area contributed by atoms with Crippen LogP contribution in [0.1, 0.15) is 13.3 Å². The fourth-order valence-corrected chi connectivity index (χ4v) is 5.73. The van der Waals surface area contributed by atoms with E-state index in [1.165, 1.54) is 4.90 Å². The van der Waals surface area contributed by atoms with Crippen LogP contribution in [-0.2, 0) is 14.6 Å². The molecule has 2 heterocycles. The molecule has 3 rings (SSSR count). The molecule has 7 nitrogen and oxygen atoms in total. The standard InChI is InChI=1S/C17H25N3O4S/c1-17(6-11-25(23,24)13-17)18-16(22)12-19-7-9-20(10-8-19)14-2-4-15(21)5-3-14/h2-5,21H,6-13H2,1H3,(H,18,22)/p+1/t17-/m1/s1. The molecule has 2 fully saturated rings. The van der Waals surface area contributed by atoms with E-state index in [0.717, 1.165) is 31.9 Å². The maximum absolute atomic E-state index is 12.3. The molecule has 1 amide bonds. The van der Waals surface area contributed by atoms with Gasteiger partial charge in [-0.3, -0.25) is 4.79 Å². The molecular weight excluding hydrogens is 342 g/mol. The predicted molar refractivity (Wildman–Crippen MR) is 95.7 cm³/mol. The van der Waals surface area contributed by atoms with Crippen LogP contribution in [0.4, 0.5) is 5.69 Å². The zero-order valence-corrected chi connectivity index (χ0v) is 15.3. The van der Waals surface area contributed by atoms with Crippen molar-refractivity contribution in [1.82, 2.24) is 5.32 Å². The molecule has 0 bridgehead atoms. The van der Waals surface area contributed by atoms with E-state index in [0.29, 0.717) is 13.0 Å². The van der Waals surface area contributed by atoms with Crippen LogP contribution in [0.25, 0.3) is 0 Å². The lowest BCUT2D eigenvalue weighted by molar-refractivity contribution is -0.892. The van der Waals surface area contributed by atoms with Gasteiger partial charge in [-0.05, 0) is 37.6 Å². The molecule has 2 aliphatic heterocycles. The number of carbonyl (C=O) groups is 1. The fraction of sp³-hybridized carbons (Fsp3) is 0.588. The first-order valence-electron chi connectivity index (χ1n) is 8.64. The summed E-state index contributed by atoms with van der Waals surface area (Å²) in [7, 11) is -3.02. The number of nitrogens with zero attached hydrogens (tertiary/aromatic N) is 1. The number of quaternary nitrogens is 1. The van der Waals surface area contributed by atoms with Crippen molar-refractivity contribution in [1.29, 1.82) is 0 Å². The van der Waals surface area contributed by atoms with Crippen molar-refractivity contribution in [3.05, 3.63) is 24.3 Å². The Bertz CT molecular complexity index is 727. The summed E-state index contributed by atoms with van der Waals surface area (Å²) >= 11 is 0. The first kappa shape index (κ1) is 18.0. The van der Waals surface area contributed by atoms with Crippen molar-refractivity contribution in [3.8, 4) is 5.75 Å². The monoisotopic (exact) mass is 368 g/mol. The molecule has 25 heavy (non-hydrogen) atoms. The average Bonchev–Trinajstić information content (AvgIpc) is 2.82. The maximum atomic E-state index is 12.3. The van der Waals surface area contributed by atoms with Gasteiger partial charge in [0.05, 0.1) is 43.2 Å². The van der Waals surface area contributed by atoms with Gasteiger partial charge in [-0.15, -0.1) is 0 Å². The second kappa shape index (κ2) is 6.84. The number of rotatable bonds is 4. The Balaban J connectivity index is 1.47. The zero-order chi connectivity index (χ0) is 18.1. The lowest BCUT2D eigenvalue weighted by Gasteiger charge is -2.34. The Morgan fingerprint density at radius 3 is 2.48 bits per heavy atom. The Kier molecular flexibility index (Phi) is 4.92. The third-order valence-corrected chi connectivity index (χ3v) is 6.94. The van der Waals surface area contributed by atoms with Gasteiger partial charge in [-0.2, -0.15) is 0 Å². The number of carbonyl (C=O) groups excluding carboxylic acids is 1. The number of hydrogen-bond acceptors (Lipinski definition) is 5. The first-order valence-corrected chi connectivity index (χ1v) is 10.5. The van der Waals surface area contributed by atoms with Crippen LogP contribution in [-0.4, -0.2) is 69.2 Å². The van der Waals surface area contributed by atoms with Crippen molar-refractivity contribution < 1.29 is 23.2 Å². The van der Waals surface area contributed by atoms with Gasteiger partial charge in [-0.25, -0.2) is 8.42 Å². The number of amides is 1. The van der Waals surface area contributed by atoms with Crippen molar-refractivity contribution in [2.45, 2.75) is 18.9 Å². The zero-order valence-electron chi connectivity index (χ0n) is 14.5. The minimum Gasteiger partial charge on any atom is -0.508 e. The number of benzene rings is 1. The molecule has 2 aliphatic rings. The minimum atomic E-state index is -3.02. The summed E-state index contributed by atoms with van der Waals surface area (Å²) in [6.07, 6.45) is 0.491. The van der Waals surface area contributed by atoms with Crippen molar-refractivity contribution in [2.24, 2.45) is 0 Å². The number of anilines is 1. The van der Waals surface area contributed by atoms with E-state index < -0.39 is 15.4 Å². The fourth-order valence-electron chi connectivity index (χ4n) is 3.64. The summed E-state index contributed by atoms with van der Waals surface area (Å²) in [6, 6.07) is 7.15. The Labute approximate surface area is 148 Å². The number of aromatic hydroxyl groups is 1.